The largest absolute Gasteiger partial charge is 0.508 e. The summed E-state index contributed by atoms with van der Waals surface area (Å²) in [4.78, 5) is 39.1. The highest BCUT2D eigenvalue weighted by Crippen LogP contribution is 2.27. The molecule has 2 aliphatic heterocycles. The summed E-state index contributed by atoms with van der Waals surface area (Å²) in [5.74, 6) is -1.03. The van der Waals surface area contributed by atoms with Crippen LogP contribution in [-0.2, 0) is 4.74 Å². The first-order valence-corrected chi connectivity index (χ1v) is 9.17. The van der Waals surface area contributed by atoms with E-state index in [9.17, 15) is 19.5 Å². The van der Waals surface area contributed by atoms with E-state index < -0.39 is 11.8 Å². The van der Waals surface area contributed by atoms with Crippen molar-refractivity contribution in [1.29, 1.82) is 0 Å². The van der Waals surface area contributed by atoms with Crippen LogP contribution in [0.4, 0.5) is 5.69 Å². The Morgan fingerprint density at radius 3 is 2.68 bits per heavy atom. The van der Waals surface area contributed by atoms with Gasteiger partial charge in [-0.2, -0.15) is 0 Å². The maximum Gasteiger partial charge on any atom is 0.261 e. The summed E-state index contributed by atoms with van der Waals surface area (Å²) in [5.41, 5.74) is 2.10. The number of hydrogen-bond donors (Lipinski definition) is 2. The minimum absolute atomic E-state index is 0.114. The molecule has 2 aromatic rings. The molecule has 4 rings (SSSR count). The number of fused-ring (bicyclic) bond motifs is 1. The molecule has 7 nitrogen and oxygen atoms in total. The van der Waals surface area contributed by atoms with Crippen LogP contribution in [-0.4, -0.2) is 47.0 Å². The molecule has 7 heteroatoms. The Morgan fingerprint density at radius 1 is 1.18 bits per heavy atom. The fourth-order valence-corrected chi connectivity index (χ4v) is 3.57. The maximum absolute atomic E-state index is 12.7. The topological polar surface area (TPSA) is 95.9 Å². The molecule has 28 heavy (non-hydrogen) atoms. The summed E-state index contributed by atoms with van der Waals surface area (Å²) < 4.78 is 5.53. The van der Waals surface area contributed by atoms with E-state index >= 15 is 0 Å². The van der Waals surface area contributed by atoms with E-state index in [-0.39, 0.29) is 35.4 Å². The van der Waals surface area contributed by atoms with Crippen molar-refractivity contribution >= 4 is 23.4 Å². The van der Waals surface area contributed by atoms with E-state index in [4.69, 9.17) is 4.74 Å². The molecule has 2 aromatic carbocycles. The zero-order valence-electron chi connectivity index (χ0n) is 15.4. The molecule has 2 aliphatic rings. The van der Waals surface area contributed by atoms with E-state index in [1.54, 1.807) is 19.1 Å². The number of aryl methyl sites for hydroxylation is 1. The standard InChI is InChI=1S/C21H20N2O5/c1-12-9-14(24)5-7-18(12)22-19(25)13-4-6-16-17(10-13)21(27)23(20(16)26)11-15-3-2-8-28-15/h4-7,9-10,15,24H,2-3,8,11H2,1H3,(H,22,25)/t15-/m0/s1. The van der Waals surface area contributed by atoms with Gasteiger partial charge in [-0.05, 0) is 61.7 Å². The van der Waals surface area contributed by atoms with Gasteiger partial charge in [-0.25, -0.2) is 0 Å². The number of ether oxygens (including phenoxy) is 1. The number of nitrogens with one attached hydrogen (secondary N) is 1. The van der Waals surface area contributed by atoms with Crippen molar-refractivity contribution in [2.75, 3.05) is 18.5 Å². The molecule has 1 atom stereocenters. The van der Waals surface area contributed by atoms with Gasteiger partial charge in [-0.15, -0.1) is 0 Å². The Bertz CT molecular complexity index is 979. The van der Waals surface area contributed by atoms with Gasteiger partial charge in [-0.3, -0.25) is 19.3 Å². The van der Waals surface area contributed by atoms with Gasteiger partial charge in [0.15, 0.2) is 0 Å². The van der Waals surface area contributed by atoms with Gasteiger partial charge in [-0.1, -0.05) is 0 Å². The molecular formula is C21H20N2O5. The van der Waals surface area contributed by atoms with Gasteiger partial charge in [0.05, 0.1) is 23.8 Å². The van der Waals surface area contributed by atoms with Crippen molar-refractivity contribution < 1.29 is 24.2 Å². The Hall–Kier alpha value is -3.19. The van der Waals surface area contributed by atoms with E-state index in [1.807, 2.05) is 0 Å². The first-order chi connectivity index (χ1) is 13.4. The molecule has 0 bridgehead atoms. The fourth-order valence-electron chi connectivity index (χ4n) is 3.57. The number of phenolic OH excluding ortho intramolecular Hbond substituents is 1. The second kappa shape index (κ2) is 7.09. The number of amides is 3. The predicted octanol–water partition coefficient (Wildman–Crippen LogP) is 2.73. The van der Waals surface area contributed by atoms with Gasteiger partial charge in [0, 0.05) is 17.9 Å². The molecule has 1 fully saturated rings. The molecule has 0 aromatic heterocycles. The second-order valence-corrected chi connectivity index (χ2v) is 7.07. The number of carbonyl (C=O) groups is 3. The lowest BCUT2D eigenvalue weighted by Crippen LogP contribution is -2.36. The van der Waals surface area contributed by atoms with E-state index in [1.165, 1.54) is 29.2 Å². The van der Waals surface area contributed by atoms with Gasteiger partial charge in [0.1, 0.15) is 5.75 Å². The van der Waals surface area contributed by atoms with Crippen LogP contribution in [0.1, 0.15) is 49.5 Å². The molecule has 0 spiro atoms. The average molecular weight is 380 g/mol. The average Bonchev–Trinajstić information content (AvgIpc) is 3.27. The van der Waals surface area contributed by atoms with Crippen molar-refractivity contribution in [3.05, 3.63) is 58.7 Å². The number of hydrogen-bond acceptors (Lipinski definition) is 5. The smallest absolute Gasteiger partial charge is 0.261 e. The summed E-state index contributed by atoms with van der Waals surface area (Å²) in [6, 6.07) is 9.14. The first-order valence-electron chi connectivity index (χ1n) is 9.17. The highest BCUT2D eigenvalue weighted by Gasteiger charge is 2.37. The van der Waals surface area contributed by atoms with Crippen LogP contribution in [0.25, 0.3) is 0 Å². The molecular weight excluding hydrogens is 360 g/mol. The summed E-state index contributed by atoms with van der Waals surface area (Å²) in [7, 11) is 0. The zero-order valence-corrected chi connectivity index (χ0v) is 15.4. The number of phenols is 1. The molecule has 0 unspecified atom stereocenters. The minimum Gasteiger partial charge on any atom is -0.508 e. The van der Waals surface area contributed by atoms with Gasteiger partial charge >= 0.3 is 0 Å². The summed E-state index contributed by atoms with van der Waals surface area (Å²) in [6.45, 7) is 2.65. The van der Waals surface area contributed by atoms with E-state index in [0.717, 1.165) is 12.8 Å². The molecule has 0 radical (unpaired) electrons. The van der Waals surface area contributed by atoms with Crippen molar-refractivity contribution in [2.24, 2.45) is 0 Å². The number of nitrogens with zero attached hydrogens (tertiary/aromatic N) is 1. The molecule has 3 amide bonds. The quantitative estimate of drug-likeness (QED) is 0.628. The summed E-state index contributed by atoms with van der Waals surface area (Å²) in [5, 5.41) is 12.2. The predicted molar refractivity (Wildman–Crippen MR) is 102 cm³/mol. The third-order valence-electron chi connectivity index (χ3n) is 5.10. The Labute approximate surface area is 161 Å². The Balaban J connectivity index is 1.54. The van der Waals surface area contributed by atoms with Gasteiger partial charge in [0.25, 0.3) is 17.7 Å². The van der Waals surface area contributed by atoms with Crippen LogP contribution in [0, 0.1) is 6.92 Å². The normalized spacial score (nSPS) is 18.5. The third kappa shape index (κ3) is 3.25. The lowest BCUT2D eigenvalue weighted by atomic mass is 10.0. The lowest BCUT2D eigenvalue weighted by Gasteiger charge is -2.17. The number of benzene rings is 2. The number of anilines is 1. The Kier molecular flexibility index (Phi) is 4.60. The van der Waals surface area contributed by atoms with Gasteiger partial charge in [0.2, 0.25) is 0 Å². The Morgan fingerprint density at radius 2 is 1.96 bits per heavy atom. The van der Waals surface area contributed by atoms with Crippen LogP contribution >= 0.6 is 0 Å². The lowest BCUT2D eigenvalue weighted by molar-refractivity contribution is 0.0475. The monoisotopic (exact) mass is 380 g/mol. The number of rotatable bonds is 4. The third-order valence-corrected chi connectivity index (χ3v) is 5.10. The molecule has 2 heterocycles. The number of aromatic hydroxyl groups is 1. The fraction of sp³-hybridized carbons (Fsp3) is 0.286. The van der Waals surface area contributed by atoms with Crippen molar-refractivity contribution in [3.8, 4) is 5.75 Å². The minimum atomic E-state index is -0.397. The van der Waals surface area contributed by atoms with E-state index in [2.05, 4.69) is 5.32 Å². The molecule has 1 saturated heterocycles. The first kappa shape index (κ1) is 18.2. The van der Waals surface area contributed by atoms with Gasteiger partial charge < -0.3 is 15.2 Å². The van der Waals surface area contributed by atoms with E-state index in [0.29, 0.717) is 23.4 Å². The van der Waals surface area contributed by atoms with Crippen molar-refractivity contribution in [1.82, 2.24) is 4.90 Å². The van der Waals surface area contributed by atoms with Crippen molar-refractivity contribution in [3.63, 3.8) is 0 Å². The molecule has 0 saturated carbocycles. The molecule has 144 valence electrons. The number of carbonyl (C=O) groups excluding carboxylic acids is 3. The SMILES string of the molecule is Cc1cc(O)ccc1NC(=O)c1ccc2c(c1)C(=O)N(C[C@@H]1CCCO1)C2=O. The highest BCUT2D eigenvalue weighted by atomic mass is 16.5. The summed E-state index contributed by atoms with van der Waals surface area (Å²) in [6.07, 6.45) is 1.63. The second-order valence-electron chi connectivity index (χ2n) is 7.07. The maximum atomic E-state index is 12.7. The summed E-state index contributed by atoms with van der Waals surface area (Å²) >= 11 is 0. The van der Waals surface area contributed by atoms with Crippen LogP contribution in [0.15, 0.2) is 36.4 Å². The van der Waals surface area contributed by atoms with Crippen LogP contribution in [0.3, 0.4) is 0 Å². The zero-order chi connectivity index (χ0) is 19.8. The number of imide groups is 1. The van der Waals surface area contributed by atoms with Crippen LogP contribution in [0.5, 0.6) is 5.75 Å². The highest BCUT2D eigenvalue weighted by molar-refractivity contribution is 6.22. The molecule has 2 N–H and O–H groups in total. The van der Waals surface area contributed by atoms with Crippen LogP contribution < -0.4 is 5.32 Å². The van der Waals surface area contributed by atoms with Crippen molar-refractivity contribution in [2.45, 2.75) is 25.9 Å². The van der Waals surface area contributed by atoms with Crippen LogP contribution in [0.2, 0.25) is 0 Å². The molecule has 0 aliphatic carbocycles.